The number of aromatic nitrogens is 3. The highest BCUT2D eigenvalue weighted by molar-refractivity contribution is 5.65. The third-order valence-electron chi connectivity index (χ3n) is 3.24. The summed E-state index contributed by atoms with van der Waals surface area (Å²) < 4.78 is 10.6. The number of rotatable bonds is 8. The summed E-state index contributed by atoms with van der Waals surface area (Å²) in [6.07, 6.45) is 2.67. The molecule has 0 spiro atoms. The number of anilines is 3. The molecule has 0 radical (unpaired) electrons. The van der Waals surface area contributed by atoms with Crippen molar-refractivity contribution in [2.45, 2.75) is 20.3 Å². The number of ether oxygens (including phenoxy) is 2. The Morgan fingerprint density at radius 2 is 2.00 bits per heavy atom. The average Bonchev–Trinajstić information content (AvgIpc) is 2.55. The van der Waals surface area contributed by atoms with Crippen molar-refractivity contribution in [2.24, 2.45) is 5.92 Å². The van der Waals surface area contributed by atoms with Crippen LogP contribution in [-0.2, 0) is 0 Å². The number of methoxy groups -OCH3 is 2. The van der Waals surface area contributed by atoms with Crippen LogP contribution in [0.15, 0.2) is 24.4 Å². The summed E-state index contributed by atoms with van der Waals surface area (Å²) in [5, 5.41) is 14.3. The average molecular weight is 317 g/mol. The van der Waals surface area contributed by atoms with Gasteiger partial charge in [0.15, 0.2) is 5.82 Å². The summed E-state index contributed by atoms with van der Waals surface area (Å²) in [7, 11) is 3.22. The molecule has 0 saturated carbocycles. The Bertz CT molecular complexity index is 634. The lowest BCUT2D eigenvalue weighted by atomic mass is 10.1. The first-order valence-electron chi connectivity index (χ1n) is 7.55. The molecule has 0 aliphatic rings. The third kappa shape index (κ3) is 4.98. The van der Waals surface area contributed by atoms with Crippen LogP contribution in [0.4, 0.5) is 17.5 Å². The summed E-state index contributed by atoms with van der Waals surface area (Å²) in [6.45, 7) is 5.21. The van der Waals surface area contributed by atoms with Crippen LogP contribution in [0.25, 0.3) is 0 Å². The Labute approximate surface area is 136 Å². The Kier molecular flexibility index (Phi) is 5.96. The van der Waals surface area contributed by atoms with Crippen LogP contribution in [0.1, 0.15) is 20.3 Å². The molecule has 0 amide bonds. The van der Waals surface area contributed by atoms with Crippen molar-refractivity contribution >= 4 is 17.5 Å². The normalized spacial score (nSPS) is 10.5. The van der Waals surface area contributed by atoms with Crippen LogP contribution in [-0.4, -0.2) is 35.9 Å². The molecular weight excluding hydrogens is 294 g/mol. The maximum Gasteiger partial charge on any atom is 0.249 e. The smallest absolute Gasteiger partial charge is 0.249 e. The van der Waals surface area contributed by atoms with Crippen LogP contribution in [0.3, 0.4) is 0 Å². The molecule has 0 saturated heterocycles. The number of benzene rings is 1. The maximum atomic E-state index is 5.33. The fraction of sp³-hybridized carbons (Fsp3) is 0.438. The molecule has 0 fully saturated rings. The third-order valence-corrected chi connectivity index (χ3v) is 3.24. The lowest BCUT2D eigenvalue weighted by molar-refractivity contribution is 0.405. The molecule has 0 bridgehead atoms. The second-order valence-electron chi connectivity index (χ2n) is 5.47. The predicted octanol–water partition coefficient (Wildman–Crippen LogP) is 3.09. The van der Waals surface area contributed by atoms with E-state index < -0.39 is 0 Å². The van der Waals surface area contributed by atoms with Crippen LogP contribution in [0.5, 0.6) is 11.5 Å². The van der Waals surface area contributed by atoms with Gasteiger partial charge in [0.05, 0.1) is 26.1 Å². The molecule has 0 aliphatic carbocycles. The zero-order chi connectivity index (χ0) is 16.7. The molecule has 7 nitrogen and oxygen atoms in total. The van der Waals surface area contributed by atoms with Gasteiger partial charge in [0, 0.05) is 12.6 Å². The monoisotopic (exact) mass is 317 g/mol. The van der Waals surface area contributed by atoms with Gasteiger partial charge >= 0.3 is 0 Å². The molecule has 2 aromatic rings. The van der Waals surface area contributed by atoms with Crippen molar-refractivity contribution in [3.05, 3.63) is 24.4 Å². The molecule has 2 N–H and O–H groups in total. The molecular formula is C16H23N5O2. The second-order valence-corrected chi connectivity index (χ2v) is 5.47. The highest BCUT2D eigenvalue weighted by Crippen LogP contribution is 2.30. The van der Waals surface area contributed by atoms with Crippen molar-refractivity contribution in [1.29, 1.82) is 0 Å². The van der Waals surface area contributed by atoms with Crippen molar-refractivity contribution in [3.8, 4) is 11.5 Å². The summed E-state index contributed by atoms with van der Waals surface area (Å²) in [5.41, 5.74) is 0.716. The Balaban J connectivity index is 2.11. The Hall–Kier alpha value is -2.57. The predicted molar refractivity (Wildman–Crippen MR) is 90.6 cm³/mol. The first-order chi connectivity index (χ1) is 11.1. The molecule has 1 aromatic carbocycles. The fourth-order valence-electron chi connectivity index (χ4n) is 1.96. The van der Waals surface area contributed by atoms with Gasteiger partial charge in [-0.05, 0) is 24.5 Å². The van der Waals surface area contributed by atoms with Crippen LogP contribution in [0.2, 0.25) is 0 Å². The SMILES string of the molecule is COc1ccc(OC)c(Nc2nncc(NCCC(C)C)n2)c1. The van der Waals surface area contributed by atoms with Gasteiger partial charge < -0.3 is 20.1 Å². The topological polar surface area (TPSA) is 81.2 Å². The van der Waals surface area contributed by atoms with Crippen molar-refractivity contribution in [3.63, 3.8) is 0 Å². The van der Waals surface area contributed by atoms with E-state index in [0.717, 1.165) is 13.0 Å². The molecule has 1 heterocycles. The van der Waals surface area contributed by atoms with Gasteiger partial charge in [-0.25, -0.2) is 0 Å². The van der Waals surface area contributed by atoms with Crippen LogP contribution in [0, 0.1) is 5.92 Å². The van der Waals surface area contributed by atoms with Gasteiger partial charge in [-0.3, -0.25) is 0 Å². The van der Waals surface area contributed by atoms with Crippen LogP contribution < -0.4 is 20.1 Å². The van der Waals surface area contributed by atoms with Gasteiger partial charge in [-0.15, -0.1) is 5.10 Å². The minimum atomic E-state index is 0.395. The molecule has 23 heavy (non-hydrogen) atoms. The van der Waals surface area contributed by atoms with E-state index in [2.05, 4.69) is 39.7 Å². The molecule has 7 heteroatoms. The van der Waals surface area contributed by atoms with Gasteiger partial charge in [0.25, 0.3) is 0 Å². The summed E-state index contributed by atoms with van der Waals surface area (Å²) >= 11 is 0. The van der Waals surface area contributed by atoms with E-state index in [1.165, 1.54) is 0 Å². The van der Waals surface area contributed by atoms with Crippen molar-refractivity contribution < 1.29 is 9.47 Å². The van der Waals surface area contributed by atoms with Gasteiger partial charge in [0.2, 0.25) is 5.95 Å². The van der Waals surface area contributed by atoms with E-state index in [1.54, 1.807) is 20.4 Å². The van der Waals surface area contributed by atoms with Crippen molar-refractivity contribution in [2.75, 3.05) is 31.4 Å². The Morgan fingerprint density at radius 3 is 2.70 bits per heavy atom. The van der Waals surface area contributed by atoms with Gasteiger partial charge in [0.1, 0.15) is 11.5 Å². The highest BCUT2D eigenvalue weighted by Gasteiger charge is 2.08. The van der Waals surface area contributed by atoms with E-state index in [1.807, 2.05) is 18.2 Å². The lowest BCUT2D eigenvalue weighted by Gasteiger charge is -2.12. The van der Waals surface area contributed by atoms with E-state index in [0.29, 0.717) is 34.9 Å². The van der Waals surface area contributed by atoms with E-state index in [-0.39, 0.29) is 0 Å². The molecule has 2 rings (SSSR count). The Morgan fingerprint density at radius 1 is 1.17 bits per heavy atom. The number of hydrogen-bond donors (Lipinski definition) is 2. The fourth-order valence-corrected chi connectivity index (χ4v) is 1.96. The largest absolute Gasteiger partial charge is 0.497 e. The minimum absolute atomic E-state index is 0.395. The van der Waals surface area contributed by atoms with Crippen molar-refractivity contribution in [1.82, 2.24) is 15.2 Å². The molecule has 1 aromatic heterocycles. The molecule has 124 valence electrons. The molecule has 0 aliphatic heterocycles. The van der Waals surface area contributed by atoms with Gasteiger partial charge in [-0.1, -0.05) is 13.8 Å². The number of hydrogen-bond acceptors (Lipinski definition) is 7. The summed E-state index contributed by atoms with van der Waals surface area (Å²) in [6, 6.07) is 5.47. The number of nitrogens with zero attached hydrogens (tertiary/aromatic N) is 3. The maximum absolute atomic E-state index is 5.33. The molecule has 0 unspecified atom stereocenters. The first-order valence-corrected chi connectivity index (χ1v) is 7.55. The van der Waals surface area contributed by atoms with E-state index >= 15 is 0 Å². The van der Waals surface area contributed by atoms with E-state index in [4.69, 9.17) is 9.47 Å². The van der Waals surface area contributed by atoms with Gasteiger partial charge in [-0.2, -0.15) is 10.1 Å². The first kappa shape index (κ1) is 16.8. The zero-order valence-electron chi connectivity index (χ0n) is 14.0. The zero-order valence-corrected chi connectivity index (χ0v) is 14.0. The highest BCUT2D eigenvalue weighted by atomic mass is 16.5. The standard InChI is InChI=1S/C16H23N5O2/c1-11(2)7-8-17-15-10-18-21-16(20-15)19-13-9-12(22-3)5-6-14(13)23-4/h5-6,9-11H,7-8H2,1-4H3,(H2,17,19,20,21). The lowest BCUT2D eigenvalue weighted by Crippen LogP contribution is -2.08. The minimum Gasteiger partial charge on any atom is -0.497 e. The summed E-state index contributed by atoms with van der Waals surface area (Å²) in [4.78, 5) is 4.40. The second kappa shape index (κ2) is 8.17. The van der Waals surface area contributed by atoms with E-state index in [9.17, 15) is 0 Å². The molecule has 0 atom stereocenters. The quantitative estimate of drug-likeness (QED) is 0.774. The summed E-state index contributed by atoms with van der Waals surface area (Å²) in [5.74, 6) is 3.10. The number of nitrogens with one attached hydrogen (secondary N) is 2. The van der Waals surface area contributed by atoms with Crippen LogP contribution >= 0.6 is 0 Å².